The standard InChI is InChI=1S/C12H15BrN2O/c1-8-2-3-9(6-11(8)13)12(16)15-10-4-5-14-7-10/h2-3,6,10,14H,4-5,7H2,1H3,(H,15,16). The van der Waals surface area contributed by atoms with E-state index in [9.17, 15) is 4.79 Å². The van der Waals surface area contributed by atoms with Gasteiger partial charge in [-0.15, -0.1) is 0 Å². The summed E-state index contributed by atoms with van der Waals surface area (Å²) in [5.74, 6) is 0.00870. The number of amides is 1. The molecule has 1 aromatic rings. The molecule has 1 heterocycles. The van der Waals surface area contributed by atoms with E-state index in [1.165, 1.54) is 0 Å². The van der Waals surface area contributed by atoms with Gasteiger partial charge in [-0.05, 0) is 37.6 Å². The molecule has 1 fully saturated rings. The van der Waals surface area contributed by atoms with E-state index < -0.39 is 0 Å². The predicted octanol–water partition coefficient (Wildman–Crippen LogP) is 1.85. The van der Waals surface area contributed by atoms with Gasteiger partial charge in [0.2, 0.25) is 0 Å². The number of carbonyl (C=O) groups excluding carboxylic acids is 1. The molecule has 4 heteroatoms. The molecule has 0 spiro atoms. The van der Waals surface area contributed by atoms with Crippen molar-refractivity contribution in [2.45, 2.75) is 19.4 Å². The van der Waals surface area contributed by atoms with Gasteiger partial charge >= 0.3 is 0 Å². The Balaban J connectivity index is 2.05. The second-order valence-corrected chi connectivity index (χ2v) is 4.98. The molecule has 0 aliphatic carbocycles. The van der Waals surface area contributed by atoms with E-state index in [1.807, 2.05) is 25.1 Å². The molecular weight excluding hydrogens is 268 g/mol. The largest absolute Gasteiger partial charge is 0.348 e. The topological polar surface area (TPSA) is 41.1 Å². The van der Waals surface area contributed by atoms with E-state index in [2.05, 4.69) is 26.6 Å². The molecule has 1 amide bonds. The maximum Gasteiger partial charge on any atom is 0.251 e. The molecule has 2 rings (SSSR count). The number of halogens is 1. The van der Waals surface area contributed by atoms with Gasteiger partial charge in [0.1, 0.15) is 0 Å². The van der Waals surface area contributed by atoms with Crippen molar-refractivity contribution in [1.29, 1.82) is 0 Å². The second kappa shape index (κ2) is 4.97. The van der Waals surface area contributed by atoms with Crippen molar-refractivity contribution in [2.75, 3.05) is 13.1 Å². The summed E-state index contributed by atoms with van der Waals surface area (Å²) in [5, 5.41) is 6.25. The number of carbonyl (C=O) groups is 1. The zero-order valence-corrected chi connectivity index (χ0v) is 10.8. The number of hydrogen-bond donors (Lipinski definition) is 2. The van der Waals surface area contributed by atoms with Gasteiger partial charge in [-0.1, -0.05) is 22.0 Å². The quantitative estimate of drug-likeness (QED) is 0.869. The minimum absolute atomic E-state index is 0.00870. The first kappa shape index (κ1) is 11.6. The molecule has 3 nitrogen and oxygen atoms in total. The first-order chi connectivity index (χ1) is 7.66. The normalized spacial score (nSPS) is 19.8. The highest BCUT2D eigenvalue weighted by Gasteiger charge is 2.17. The smallest absolute Gasteiger partial charge is 0.251 e. The van der Waals surface area contributed by atoms with Gasteiger partial charge in [0, 0.05) is 22.6 Å². The van der Waals surface area contributed by atoms with E-state index in [4.69, 9.17) is 0 Å². The van der Waals surface area contributed by atoms with Crippen LogP contribution in [0.2, 0.25) is 0 Å². The van der Waals surface area contributed by atoms with Crippen LogP contribution in [0.1, 0.15) is 22.3 Å². The van der Waals surface area contributed by atoms with Crippen LogP contribution in [0.4, 0.5) is 0 Å². The number of rotatable bonds is 2. The fourth-order valence-corrected chi connectivity index (χ4v) is 2.16. The molecule has 1 atom stereocenters. The van der Waals surface area contributed by atoms with Crippen molar-refractivity contribution in [3.63, 3.8) is 0 Å². The highest BCUT2D eigenvalue weighted by atomic mass is 79.9. The second-order valence-electron chi connectivity index (χ2n) is 4.13. The van der Waals surface area contributed by atoms with Crippen LogP contribution in [0.3, 0.4) is 0 Å². The Hall–Kier alpha value is -0.870. The van der Waals surface area contributed by atoms with E-state index in [-0.39, 0.29) is 11.9 Å². The molecular formula is C12H15BrN2O. The molecule has 0 bridgehead atoms. The summed E-state index contributed by atoms with van der Waals surface area (Å²) in [5.41, 5.74) is 1.85. The summed E-state index contributed by atoms with van der Waals surface area (Å²) in [6.07, 6.45) is 1.01. The van der Waals surface area contributed by atoms with Crippen molar-refractivity contribution < 1.29 is 4.79 Å². The Labute approximate surface area is 104 Å². The average molecular weight is 283 g/mol. The van der Waals surface area contributed by atoms with Crippen LogP contribution in [0.5, 0.6) is 0 Å². The third-order valence-electron chi connectivity index (χ3n) is 2.83. The molecule has 0 aromatic heterocycles. The van der Waals surface area contributed by atoms with Gasteiger partial charge in [-0.3, -0.25) is 4.79 Å². The Kier molecular flexibility index (Phi) is 3.61. The van der Waals surface area contributed by atoms with Crippen LogP contribution in [-0.2, 0) is 0 Å². The van der Waals surface area contributed by atoms with Gasteiger partial charge in [0.05, 0.1) is 0 Å². The zero-order valence-electron chi connectivity index (χ0n) is 9.22. The maximum absolute atomic E-state index is 11.9. The predicted molar refractivity (Wildman–Crippen MR) is 67.6 cm³/mol. The third-order valence-corrected chi connectivity index (χ3v) is 3.68. The molecule has 1 aliphatic rings. The Morgan fingerprint density at radius 1 is 1.56 bits per heavy atom. The summed E-state index contributed by atoms with van der Waals surface area (Å²) in [4.78, 5) is 11.9. The number of benzene rings is 1. The van der Waals surface area contributed by atoms with Crippen molar-refractivity contribution in [3.05, 3.63) is 33.8 Å². The lowest BCUT2D eigenvalue weighted by molar-refractivity contribution is 0.0940. The van der Waals surface area contributed by atoms with Crippen LogP contribution in [-0.4, -0.2) is 25.0 Å². The number of hydrogen-bond acceptors (Lipinski definition) is 2. The number of nitrogens with one attached hydrogen (secondary N) is 2. The molecule has 1 saturated heterocycles. The molecule has 0 saturated carbocycles. The van der Waals surface area contributed by atoms with E-state index in [1.54, 1.807) is 0 Å². The summed E-state index contributed by atoms with van der Waals surface area (Å²) in [6, 6.07) is 5.95. The summed E-state index contributed by atoms with van der Waals surface area (Å²) in [7, 11) is 0. The van der Waals surface area contributed by atoms with Crippen LogP contribution in [0.25, 0.3) is 0 Å². The number of aryl methyl sites for hydroxylation is 1. The minimum atomic E-state index is 0.00870. The lowest BCUT2D eigenvalue weighted by Gasteiger charge is -2.11. The van der Waals surface area contributed by atoms with E-state index >= 15 is 0 Å². The van der Waals surface area contributed by atoms with Crippen LogP contribution in [0.15, 0.2) is 22.7 Å². The molecule has 2 N–H and O–H groups in total. The van der Waals surface area contributed by atoms with Crippen molar-refractivity contribution in [2.24, 2.45) is 0 Å². The van der Waals surface area contributed by atoms with Crippen LogP contribution >= 0.6 is 15.9 Å². The minimum Gasteiger partial charge on any atom is -0.348 e. The zero-order chi connectivity index (χ0) is 11.5. The Morgan fingerprint density at radius 3 is 3.00 bits per heavy atom. The lowest BCUT2D eigenvalue weighted by atomic mass is 10.1. The molecule has 1 aliphatic heterocycles. The maximum atomic E-state index is 11.9. The Bertz CT molecular complexity index is 400. The lowest BCUT2D eigenvalue weighted by Crippen LogP contribution is -2.36. The first-order valence-corrected chi connectivity index (χ1v) is 6.24. The summed E-state index contributed by atoms with van der Waals surface area (Å²) in [6.45, 7) is 3.87. The highest BCUT2D eigenvalue weighted by Crippen LogP contribution is 2.17. The molecule has 86 valence electrons. The fraction of sp³-hybridized carbons (Fsp3) is 0.417. The van der Waals surface area contributed by atoms with Crippen molar-refractivity contribution >= 4 is 21.8 Å². The van der Waals surface area contributed by atoms with Gasteiger partial charge in [0.25, 0.3) is 5.91 Å². The molecule has 0 radical (unpaired) electrons. The van der Waals surface area contributed by atoms with E-state index in [0.29, 0.717) is 5.56 Å². The van der Waals surface area contributed by atoms with E-state index in [0.717, 1.165) is 29.5 Å². The third kappa shape index (κ3) is 2.62. The highest BCUT2D eigenvalue weighted by molar-refractivity contribution is 9.10. The van der Waals surface area contributed by atoms with Crippen LogP contribution in [0, 0.1) is 6.92 Å². The summed E-state index contributed by atoms with van der Waals surface area (Å²) >= 11 is 3.43. The van der Waals surface area contributed by atoms with Crippen molar-refractivity contribution in [3.8, 4) is 0 Å². The summed E-state index contributed by atoms with van der Waals surface area (Å²) < 4.78 is 0.977. The monoisotopic (exact) mass is 282 g/mol. The average Bonchev–Trinajstić information content (AvgIpc) is 2.74. The molecule has 16 heavy (non-hydrogen) atoms. The van der Waals surface area contributed by atoms with Crippen LogP contribution < -0.4 is 10.6 Å². The molecule has 1 unspecified atom stereocenters. The molecule has 1 aromatic carbocycles. The van der Waals surface area contributed by atoms with Crippen molar-refractivity contribution in [1.82, 2.24) is 10.6 Å². The van der Waals surface area contributed by atoms with Gasteiger partial charge in [0.15, 0.2) is 0 Å². The van der Waals surface area contributed by atoms with Gasteiger partial charge < -0.3 is 10.6 Å². The van der Waals surface area contributed by atoms with Gasteiger partial charge in [-0.25, -0.2) is 0 Å². The first-order valence-electron chi connectivity index (χ1n) is 5.44. The SMILES string of the molecule is Cc1ccc(C(=O)NC2CCNC2)cc1Br. The van der Waals surface area contributed by atoms with Gasteiger partial charge in [-0.2, -0.15) is 0 Å². The Morgan fingerprint density at radius 2 is 2.38 bits per heavy atom. The fourth-order valence-electron chi connectivity index (χ4n) is 1.78.